The van der Waals surface area contributed by atoms with Crippen molar-refractivity contribution in [2.75, 3.05) is 27.3 Å². The lowest BCUT2D eigenvalue weighted by molar-refractivity contribution is -0.126. The second kappa shape index (κ2) is 10.3. The number of halogens is 1. The molecule has 1 fully saturated rings. The first-order valence-electron chi connectivity index (χ1n) is 10.0. The third-order valence-electron chi connectivity index (χ3n) is 5.37. The molecule has 7 nitrogen and oxygen atoms in total. The van der Waals surface area contributed by atoms with Gasteiger partial charge in [0, 0.05) is 30.6 Å². The number of methoxy groups -OCH3 is 2. The first-order chi connectivity index (χ1) is 14.8. The van der Waals surface area contributed by atoms with Crippen LogP contribution in [0.2, 0.25) is 5.02 Å². The highest BCUT2D eigenvalue weighted by Crippen LogP contribution is 2.28. The number of benzene rings is 2. The van der Waals surface area contributed by atoms with E-state index in [-0.39, 0.29) is 17.6 Å². The number of hydrogen-bond acceptors (Lipinski definition) is 5. The van der Waals surface area contributed by atoms with Crippen molar-refractivity contribution in [3.63, 3.8) is 0 Å². The van der Waals surface area contributed by atoms with Gasteiger partial charge in [0.1, 0.15) is 0 Å². The molecule has 0 atom stereocenters. The Morgan fingerprint density at radius 3 is 2.42 bits per heavy atom. The van der Waals surface area contributed by atoms with E-state index in [2.05, 4.69) is 5.32 Å². The van der Waals surface area contributed by atoms with Crippen LogP contribution < -0.4 is 14.8 Å². The van der Waals surface area contributed by atoms with E-state index in [1.165, 1.54) is 4.31 Å². The average molecular weight is 467 g/mol. The van der Waals surface area contributed by atoms with Crippen LogP contribution in [0.15, 0.2) is 42.5 Å². The predicted octanol–water partition coefficient (Wildman–Crippen LogP) is 3.22. The monoisotopic (exact) mass is 466 g/mol. The summed E-state index contributed by atoms with van der Waals surface area (Å²) in [6.45, 7) is 1.03. The summed E-state index contributed by atoms with van der Waals surface area (Å²) in [5, 5.41) is 3.45. The summed E-state index contributed by atoms with van der Waals surface area (Å²) in [4.78, 5) is 12.6. The normalized spacial score (nSPS) is 15.5. The molecule has 31 heavy (non-hydrogen) atoms. The van der Waals surface area contributed by atoms with Crippen molar-refractivity contribution < 1.29 is 22.7 Å². The summed E-state index contributed by atoms with van der Waals surface area (Å²) < 4.78 is 37.4. The third-order valence-corrected chi connectivity index (χ3v) is 7.46. The van der Waals surface area contributed by atoms with Crippen molar-refractivity contribution in [2.24, 2.45) is 5.92 Å². The number of rotatable bonds is 8. The Bertz CT molecular complexity index is 1020. The summed E-state index contributed by atoms with van der Waals surface area (Å²) in [6.07, 6.45) is 0.985. The smallest absolute Gasteiger partial charge is 0.223 e. The Morgan fingerprint density at radius 2 is 1.77 bits per heavy atom. The van der Waals surface area contributed by atoms with Gasteiger partial charge < -0.3 is 14.8 Å². The average Bonchev–Trinajstić information content (AvgIpc) is 2.77. The zero-order valence-corrected chi connectivity index (χ0v) is 19.2. The number of carbonyl (C=O) groups excluding carboxylic acids is 1. The highest BCUT2D eigenvalue weighted by molar-refractivity contribution is 7.88. The fraction of sp³-hybridized carbons (Fsp3) is 0.409. The molecule has 0 bridgehead atoms. The standard InChI is InChI=1S/C22H27ClN2O5S/c1-29-20-7-6-16(13-21(20)30-2)14-24-22(26)18-8-10-25(11-9-18)31(27,28)15-17-4-3-5-19(23)12-17/h3-7,12-13,18H,8-11,14-15H2,1-2H3,(H,24,26). The van der Waals surface area contributed by atoms with Gasteiger partial charge in [-0.15, -0.1) is 0 Å². The third kappa shape index (κ3) is 6.12. The molecule has 3 rings (SSSR count). The van der Waals surface area contributed by atoms with Crippen LogP contribution in [-0.2, 0) is 27.1 Å². The van der Waals surface area contributed by atoms with Gasteiger partial charge in [0.2, 0.25) is 15.9 Å². The molecule has 1 heterocycles. The van der Waals surface area contributed by atoms with Crippen molar-refractivity contribution >= 4 is 27.5 Å². The van der Waals surface area contributed by atoms with Gasteiger partial charge in [0.15, 0.2) is 11.5 Å². The van der Waals surface area contributed by atoms with Gasteiger partial charge >= 0.3 is 0 Å². The molecular formula is C22H27ClN2O5S. The molecule has 0 aliphatic carbocycles. The first-order valence-corrected chi connectivity index (χ1v) is 12.0. The number of carbonyl (C=O) groups is 1. The van der Waals surface area contributed by atoms with Crippen LogP contribution in [0.25, 0.3) is 0 Å². The fourth-order valence-corrected chi connectivity index (χ4v) is 5.41. The van der Waals surface area contributed by atoms with Gasteiger partial charge in [-0.25, -0.2) is 12.7 Å². The van der Waals surface area contributed by atoms with E-state index < -0.39 is 10.0 Å². The summed E-state index contributed by atoms with van der Waals surface area (Å²) in [5.41, 5.74) is 1.55. The van der Waals surface area contributed by atoms with E-state index in [4.69, 9.17) is 21.1 Å². The first kappa shape index (κ1) is 23.4. The van der Waals surface area contributed by atoms with E-state index in [1.54, 1.807) is 44.6 Å². The Morgan fingerprint density at radius 1 is 1.06 bits per heavy atom. The molecule has 0 unspecified atom stereocenters. The maximum Gasteiger partial charge on any atom is 0.223 e. The van der Waals surface area contributed by atoms with Crippen molar-refractivity contribution in [3.8, 4) is 11.5 Å². The van der Waals surface area contributed by atoms with E-state index in [0.717, 1.165) is 5.56 Å². The summed E-state index contributed by atoms with van der Waals surface area (Å²) in [7, 11) is -0.320. The van der Waals surface area contributed by atoms with Gasteiger partial charge in [-0.1, -0.05) is 29.8 Å². The summed E-state index contributed by atoms with van der Waals surface area (Å²) in [5.74, 6) is 0.861. The van der Waals surface area contributed by atoms with Crippen LogP contribution in [0.3, 0.4) is 0 Å². The van der Waals surface area contributed by atoms with Crippen molar-refractivity contribution in [3.05, 3.63) is 58.6 Å². The van der Waals surface area contributed by atoms with Gasteiger partial charge in [-0.2, -0.15) is 0 Å². The molecule has 1 aliphatic heterocycles. The summed E-state index contributed by atoms with van der Waals surface area (Å²) in [6, 6.07) is 12.3. The van der Waals surface area contributed by atoms with Gasteiger partial charge in [0.05, 0.1) is 20.0 Å². The largest absolute Gasteiger partial charge is 0.493 e. The quantitative estimate of drug-likeness (QED) is 0.645. The molecule has 9 heteroatoms. The lowest BCUT2D eigenvalue weighted by atomic mass is 9.97. The van der Waals surface area contributed by atoms with Crippen LogP contribution in [0.4, 0.5) is 0 Å². The Hall–Kier alpha value is -2.29. The van der Waals surface area contributed by atoms with Crippen LogP contribution in [0.5, 0.6) is 11.5 Å². The number of piperidine rings is 1. The molecular weight excluding hydrogens is 440 g/mol. The topological polar surface area (TPSA) is 84.9 Å². The van der Waals surface area contributed by atoms with E-state index in [1.807, 2.05) is 12.1 Å². The highest BCUT2D eigenvalue weighted by atomic mass is 35.5. The number of nitrogens with zero attached hydrogens (tertiary/aromatic N) is 1. The Kier molecular flexibility index (Phi) is 7.80. The number of ether oxygens (including phenoxy) is 2. The summed E-state index contributed by atoms with van der Waals surface area (Å²) >= 11 is 5.95. The molecule has 0 radical (unpaired) electrons. The van der Waals surface area contributed by atoms with Crippen LogP contribution in [0.1, 0.15) is 24.0 Å². The second-order valence-corrected chi connectivity index (χ2v) is 9.87. The van der Waals surface area contributed by atoms with Crippen LogP contribution in [0, 0.1) is 5.92 Å². The molecule has 1 N–H and O–H groups in total. The number of amides is 1. The molecule has 0 spiro atoms. The lowest BCUT2D eigenvalue weighted by Gasteiger charge is -2.30. The minimum absolute atomic E-state index is 0.0679. The predicted molar refractivity (Wildman–Crippen MR) is 120 cm³/mol. The van der Waals surface area contributed by atoms with E-state index in [9.17, 15) is 13.2 Å². The van der Waals surface area contributed by atoms with Crippen molar-refractivity contribution in [1.82, 2.24) is 9.62 Å². The Balaban J connectivity index is 1.51. The molecule has 2 aromatic rings. The van der Waals surface area contributed by atoms with Crippen LogP contribution >= 0.6 is 11.6 Å². The van der Waals surface area contributed by atoms with E-state index in [0.29, 0.717) is 54.6 Å². The molecule has 2 aromatic carbocycles. The number of sulfonamides is 1. The Labute approximate surface area is 188 Å². The SMILES string of the molecule is COc1ccc(CNC(=O)C2CCN(S(=O)(=O)Cc3cccc(Cl)c3)CC2)cc1OC. The molecule has 0 saturated carbocycles. The molecule has 1 aliphatic rings. The van der Waals surface area contributed by atoms with Crippen molar-refractivity contribution in [2.45, 2.75) is 25.1 Å². The highest BCUT2D eigenvalue weighted by Gasteiger charge is 2.31. The maximum absolute atomic E-state index is 12.7. The van der Waals surface area contributed by atoms with Gasteiger partial charge in [0.25, 0.3) is 0 Å². The molecule has 0 aromatic heterocycles. The molecule has 1 saturated heterocycles. The minimum atomic E-state index is -3.45. The fourth-order valence-electron chi connectivity index (χ4n) is 3.65. The zero-order chi connectivity index (χ0) is 22.4. The number of hydrogen-bond donors (Lipinski definition) is 1. The molecule has 1 amide bonds. The second-order valence-electron chi connectivity index (χ2n) is 7.47. The van der Waals surface area contributed by atoms with Gasteiger partial charge in [-0.05, 0) is 48.2 Å². The van der Waals surface area contributed by atoms with Gasteiger partial charge in [-0.3, -0.25) is 4.79 Å². The van der Waals surface area contributed by atoms with Crippen molar-refractivity contribution in [1.29, 1.82) is 0 Å². The maximum atomic E-state index is 12.7. The molecule has 168 valence electrons. The zero-order valence-electron chi connectivity index (χ0n) is 17.6. The van der Waals surface area contributed by atoms with Crippen LogP contribution in [-0.4, -0.2) is 45.9 Å². The number of nitrogens with one attached hydrogen (secondary N) is 1. The minimum Gasteiger partial charge on any atom is -0.493 e. The lowest BCUT2D eigenvalue weighted by Crippen LogP contribution is -2.43. The van der Waals surface area contributed by atoms with E-state index >= 15 is 0 Å².